The molecular formula is C10H6N5O2S-. The highest BCUT2D eigenvalue weighted by Gasteiger charge is 2.17. The number of tetrazole rings is 1. The summed E-state index contributed by atoms with van der Waals surface area (Å²) in [5.41, 5.74) is 0.379. The first-order valence-electron chi connectivity index (χ1n) is 4.95. The lowest BCUT2D eigenvalue weighted by Gasteiger charge is -2.10. The van der Waals surface area contributed by atoms with Gasteiger partial charge in [-0.05, 0) is 12.1 Å². The second kappa shape index (κ2) is 3.84. The molecule has 2 aromatic heterocycles. The van der Waals surface area contributed by atoms with Crippen LogP contribution in [0, 0.1) is 6.33 Å². The molecule has 3 aromatic rings. The quantitative estimate of drug-likeness (QED) is 0.614. The lowest BCUT2D eigenvalue weighted by Crippen LogP contribution is -2.14. The zero-order valence-corrected chi connectivity index (χ0v) is 9.74. The van der Waals surface area contributed by atoms with Crippen molar-refractivity contribution < 1.29 is 8.42 Å². The molecule has 0 fully saturated rings. The Bertz CT molecular complexity index is 793. The Morgan fingerprint density at radius 2 is 2.00 bits per heavy atom. The van der Waals surface area contributed by atoms with E-state index in [1.54, 1.807) is 24.3 Å². The number of fused-ring (bicyclic) bond motifs is 1. The first-order chi connectivity index (χ1) is 8.69. The molecule has 8 heteroatoms. The van der Waals surface area contributed by atoms with Gasteiger partial charge in [-0.1, -0.05) is 28.6 Å². The van der Waals surface area contributed by atoms with Crippen LogP contribution in [0.1, 0.15) is 0 Å². The summed E-state index contributed by atoms with van der Waals surface area (Å²) < 4.78 is 25.1. The zero-order chi connectivity index (χ0) is 12.6. The van der Waals surface area contributed by atoms with Crippen LogP contribution in [0.25, 0.3) is 10.9 Å². The monoisotopic (exact) mass is 260 g/mol. The van der Waals surface area contributed by atoms with Crippen molar-refractivity contribution in [3.63, 3.8) is 0 Å². The van der Waals surface area contributed by atoms with E-state index >= 15 is 0 Å². The van der Waals surface area contributed by atoms with Crippen LogP contribution in [-0.4, -0.2) is 33.0 Å². The average molecular weight is 260 g/mol. The maximum Gasteiger partial charge on any atom is 0.257 e. The lowest BCUT2D eigenvalue weighted by atomic mass is 10.2. The Labute approximate surface area is 102 Å². The summed E-state index contributed by atoms with van der Waals surface area (Å²) in [5, 5.41) is 10.6. The van der Waals surface area contributed by atoms with E-state index < -0.39 is 10.0 Å². The van der Waals surface area contributed by atoms with Gasteiger partial charge in [0, 0.05) is 11.6 Å². The summed E-state index contributed by atoms with van der Waals surface area (Å²) in [7, 11) is -3.86. The van der Waals surface area contributed by atoms with Gasteiger partial charge in [-0.2, -0.15) is 0 Å². The molecule has 0 bridgehead atoms. The van der Waals surface area contributed by atoms with E-state index in [1.807, 2.05) is 0 Å². The topological polar surface area (TPSA) is 90.6 Å². The van der Waals surface area contributed by atoms with Gasteiger partial charge >= 0.3 is 0 Å². The third kappa shape index (κ3) is 1.54. The Morgan fingerprint density at radius 3 is 2.78 bits per heavy atom. The van der Waals surface area contributed by atoms with Crippen LogP contribution >= 0.6 is 0 Å². The van der Waals surface area contributed by atoms with Gasteiger partial charge in [0.2, 0.25) is 0 Å². The van der Waals surface area contributed by atoms with E-state index in [4.69, 9.17) is 0 Å². The standard InChI is InChI=1S/C10H6N5O2S/c16-18(17,15-7-12-13-14-15)9-5-1-3-8-4-2-6-11-10(8)9/h1-6H/q-1. The summed E-state index contributed by atoms with van der Waals surface area (Å²) in [5.74, 6) is 0. The molecule has 0 unspecified atom stereocenters. The van der Waals surface area contributed by atoms with Gasteiger partial charge in [-0.25, -0.2) is 14.7 Å². The first-order valence-corrected chi connectivity index (χ1v) is 6.39. The van der Waals surface area contributed by atoms with E-state index in [-0.39, 0.29) is 4.90 Å². The summed E-state index contributed by atoms with van der Waals surface area (Å²) in [6, 6.07) is 8.40. The number of nitrogens with zero attached hydrogens (tertiary/aromatic N) is 5. The second-order valence-corrected chi connectivity index (χ2v) is 5.19. The number of hydrogen-bond acceptors (Lipinski definition) is 6. The van der Waals surface area contributed by atoms with Gasteiger partial charge in [-0.3, -0.25) is 4.98 Å². The predicted octanol–water partition coefficient (Wildman–Crippen LogP) is 0.258. The van der Waals surface area contributed by atoms with Gasteiger partial charge in [0.25, 0.3) is 10.0 Å². The number of rotatable bonds is 2. The van der Waals surface area contributed by atoms with Crippen LogP contribution in [0.3, 0.4) is 0 Å². The molecule has 3 rings (SSSR count). The summed E-state index contributed by atoms with van der Waals surface area (Å²) in [6.07, 6.45) is 3.70. The molecule has 0 saturated heterocycles. The van der Waals surface area contributed by atoms with E-state index in [9.17, 15) is 8.42 Å². The lowest BCUT2D eigenvalue weighted by molar-refractivity contribution is 0.577. The Balaban J connectivity index is 2.34. The predicted molar refractivity (Wildman–Crippen MR) is 61.0 cm³/mol. The molecule has 0 atom stereocenters. The minimum atomic E-state index is -3.86. The van der Waals surface area contributed by atoms with Crippen molar-refractivity contribution in [2.75, 3.05) is 0 Å². The fourth-order valence-corrected chi connectivity index (χ4v) is 2.74. The number of pyridine rings is 1. The fourth-order valence-electron chi connectivity index (χ4n) is 1.61. The molecule has 2 heterocycles. The van der Waals surface area contributed by atoms with Crippen LogP contribution in [0.2, 0.25) is 0 Å². The van der Waals surface area contributed by atoms with Crippen molar-refractivity contribution in [3.05, 3.63) is 42.9 Å². The number of para-hydroxylation sites is 1. The molecular weight excluding hydrogens is 254 g/mol. The van der Waals surface area contributed by atoms with E-state index in [2.05, 4.69) is 26.8 Å². The maximum atomic E-state index is 12.3. The van der Waals surface area contributed by atoms with Crippen LogP contribution < -0.4 is 0 Å². The van der Waals surface area contributed by atoms with Crippen LogP contribution in [0.5, 0.6) is 0 Å². The van der Waals surface area contributed by atoms with E-state index in [1.165, 1.54) is 12.3 Å². The highest BCUT2D eigenvalue weighted by Crippen LogP contribution is 2.21. The van der Waals surface area contributed by atoms with Gasteiger partial charge in [0.1, 0.15) is 4.90 Å². The van der Waals surface area contributed by atoms with Crippen LogP contribution in [0.4, 0.5) is 0 Å². The third-order valence-corrected chi connectivity index (χ3v) is 3.89. The van der Waals surface area contributed by atoms with Crippen molar-refractivity contribution in [3.8, 4) is 0 Å². The van der Waals surface area contributed by atoms with Gasteiger partial charge in [0.05, 0.1) is 5.52 Å². The van der Waals surface area contributed by atoms with Gasteiger partial charge < -0.3 is 9.19 Å². The molecule has 0 radical (unpaired) electrons. The number of hydrogen-bond donors (Lipinski definition) is 0. The van der Waals surface area contributed by atoms with Gasteiger partial charge in [0.15, 0.2) is 0 Å². The SMILES string of the molecule is O=S(=O)(c1cccc2cccnc12)n1[c-]nnn1. The smallest absolute Gasteiger partial charge is 0.257 e. The van der Waals surface area contributed by atoms with Gasteiger partial charge in [-0.15, -0.1) is 0 Å². The minimum Gasteiger partial charge on any atom is -0.330 e. The van der Waals surface area contributed by atoms with E-state index in [0.29, 0.717) is 9.60 Å². The zero-order valence-electron chi connectivity index (χ0n) is 8.92. The molecule has 7 nitrogen and oxygen atoms in total. The van der Waals surface area contributed by atoms with Crippen molar-refractivity contribution >= 4 is 20.9 Å². The Hall–Kier alpha value is -2.35. The van der Waals surface area contributed by atoms with Crippen LogP contribution in [-0.2, 0) is 10.0 Å². The molecule has 0 aliphatic heterocycles. The molecule has 0 N–H and O–H groups in total. The van der Waals surface area contributed by atoms with Crippen molar-refractivity contribution in [2.45, 2.75) is 4.90 Å². The molecule has 1 aromatic carbocycles. The van der Waals surface area contributed by atoms with Crippen molar-refractivity contribution in [1.82, 2.24) is 24.6 Å². The first kappa shape index (κ1) is 10.8. The van der Waals surface area contributed by atoms with Crippen molar-refractivity contribution in [2.24, 2.45) is 0 Å². The summed E-state index contributed by atoms with van der Waals surface area (Å²) in [6.45, 7) is 0. The maximum absolute atomic E-state index is 12.3. The number of aromatic nitrogens is 5. The summed E-state index contributed by atoms with van der Waals surface area (Å²) in [4.78, 5) is 4.13. The highest BCUT2D eigenvalue weighted by atomic mass is 32.2. The molecule has 0 aliphatic carbocycles. The number of benzene rings is 1. The molecule has 18 heavy (non-hydrogen) atoms. The molecule has 0 amide bonds. The minimum absolute atomic E-state index is 0.0455. The highest BCUT2D eigenvalue weighted by molar-refractivity contribution is 7.90. The second-order valence-electron chi connectivity index (χ2n) is 3.46. The Kier molecular flexibility index (Phi) is 2.30. The molecule has 0 aliphatic rings. The largest absolute Gasteiger partial charge is 0.330 e. The van der Waals surface area contributed by atoms with Crippen LogP contribution in [0.15, 0.2) is 41.4 Å². The van der Waals surface area contributed by atoms with E-state index in [0.717, 1.165) is 5.39 Å². The average Bonchev–Trinajstić information content (AvgIpc) is 2.92. The molecule has 0 spiro atoms. The third-order valence-electron chi connectivity index (χ3n) is 2.40. The normalized spacial score (nSPS) is 11.8. The summed E-state index contributed by atoms with van der Waals surface area (Å²) >= 11 is 0. The van der Waals surface area contributed by atoms with Crippen molar-refractivity contribution in [1.29, 1.82) is 0 Å². The molecule has 0 saturated carbocycles. The Morgan fingerprint density at radius 1 is 1.17 bits per heavy atom. The molecule has 90 valence electrons. The fraction of sp³-hybridized carbons (Fsp3) is 0.